The number of fused-ring (bicyclic) bond motifs is 3. The molecule has 0 aromatic heterocycles. The zero-order valence-electron chi connectivity index (χ0n) is 16.6. The van der Waals surface area contributed by atoms with Gasteiger partial charge in [0.05, 0.1) is 19.8 Å². The van der Waals surface area contributed by atoms with E-state index in [0.717, 1.165) is 32.7 Å². The Bertz CT molecular complexity index is 617. The second-order valence-electron chi connectivity index (χ2n) is 6.80. The molecule has 0 spiro atoms. The van der Waals surface area contributed by atoms with Gasteiger partial charge in [-0.2, -0.15) is 0 Å². The molecule has 1 aromatic carbocycles. The van der Waals surface area contributed by atoms with Gasteiger partial charge in [-0.05, 0) is 32.9 Å². The summed E-state index contributed by atoms with van der Waals surface area (Å²) < 4.78 is 17.1. The molecule has 1 aromatic rings. The van der Waals surface area contributed by atoms with E-state index in [2.05, 4.69) is 15.1 Å². The molecule has 7 nitrogen and oxygen atoms in total. The summed E-state index contributed by atoms with van der Waals surface area (Å²) in [6.07, 6.45) is 0. The number of rotatable bonds is 9. The van der Waals surface area contributed by atoms with Crippen molar-refractivity contribution in [1.82, 2.24) is 15.1 Å². The maximum Gasteiger partial charge on any atom is 0.251 e. The number of hydrogen-bond acceptors (Lipinski definition) is 6. The van der Waals surface area contributed by atoms with Gasteiger partial charge in [0, 0.05) is 50.9 Å². The molecule has 150 valence electrons. The summed E-state index contributed by atoms with van der Waals surface area (Å²) in [5.41, 5.74) is 0.529. The Labute approximate surface area is 161 Å². The summed E-state index contributed by atoms with van der Waals surface area (Å²) in [5, 5.41) is 3.08. The van der Waals surface area contributed by atoms with Crippen LogP contribution < -0.4 is 19.5 Å². The topological polar surface area (TPSA) is 63.3 Å². The molecule has 0 saturated carbocycles. The summed E-state index contributed by atoms with van der Waals surface area (Å²) in [4.78, 5) is 17.7. The third-order valence-electron chi connectivity index (χ3n) is 5.06. The van der Waals surface area contributed by atoms with E-state index in [1.165, 1.54) is 0 Å². The first-order valence-corrected chi connectivity index (χ1v) is 9.97. The molecule has 7 heteroatoms. The number of nitrogens with one attached hydrogen (secondary N) is 1. The van der Waals surface area contributed by atoms with E-state index in [1.807, 2.05) is 20.8 Å². The average Bonchev–Trinajstić information content (AvgIpc) is 2.69. The van der Waals surface area contributed by atoms with Gasteiger partial charge in [-0.3, -0.25) is 14.6 Å². The van der Waals surface area contributed by atoms with Crippen LogP contribution in [-0.2, 0) is 0 Å². The van der Waals surface area contributed by atoms with Gasteiger partial charge in [-0.15, -0.1) is 0 Å². The molecule has 3 fully saturated rings. The van der Waals surface area contributed by atoms with Crippen LogP contribution in [0.3, 0.4) is 0 Å². The minimum Gasteiger partial charge on any atom is -0.490 e. The summed E-state index contributed by atoms with van der Waals surface area (Å²) in [7, 11) is 0. The fourth-order valence-electron chi connectivity index (χ4n) is 3.75. The maximum absolute atomic E-state index is 12.8. The van der Waals surface area contributed by atoms with Gasteiger partial charge >= 0.3 is 0 Å². The van der Waals surface area contributed by atoms with Gasteiger partial charge in [0.2, 0.25) is 5.75 Å². The Kier molecular flexibility index (Phi) is 6.79. The van der Waals surface area contributed by atoms with Crippen molar-refractivity contribution >= 4 is 5.91 Å². The number of ether oxygens (including phenoxy) is 3. The third kappa shape index (κ3) is 4.65. The SMILES string of the molecule is CCOc1cc(C(=O)NCC2CN3CCN2CC3)cc(OCC)c1OCC. The zero-order chi connectivity index (χ0) is 19.2. The quantitative estimate of drug-likeness (QED) is 0.706. The van der Waals surface area contributed by atoms with Crippen molar-refractivity contribution in [3.63, 3.8) is 0 Å². The van der Waals surface area contributed by atoms with Gasteiger partial charge in [0.15, 0.2) is 11.5 Å². The summed E-state index contributed by atoms with van der Waals surface area (Å²) in [5.74, 6) is 1.53. The van der Waals surface area contributed by atoms with Crippen LogP contribution in [-0.4, -0.2) is 80.8 Å². The van der Waals surface area contributed by atoms with Crippen LogP contribution in [0.2, 0.25) is 0 Å². The number of nitrogens with zero attached hydrogens (tertiary/aromatic N) is 2. The van der Waals surface area contributed by atoms with Crippen LogP contribution in [0.25, 0.3) is 0 Å². The van der Waals surface area contributed by atoms with Crippen molar-refractivity contribution in [1.29, 1.82) is 0 Å². The normalized spacial score (nSPS) is 23.7. The minimum absolute atomic E-state index is 0.113. The lowest BCUT2D eigenvalue weighted by Crippen LogP contribution is -2.63. The monoisotopic (exact) mass is 377 g/mol. The van der Waals surface area contributed by atoms with Crippen LogP contribution in [0.1, 0.15) is 31.1 Å². The van der Waals surface area contributed by atoms with E-state index in [1.54, 1.807) is 12.1 Å². The van der Waals surface area contributed by atoms with E-state index >= 15 is 0 Å². The van der Waals surface area contributed by atoms with Crippen molar-refractivity contribution in [2.45, 2.75) is 26.8 Å². The second-order valence-corrected chi connectivity index (χ2v) is 6.80. The molecule has 27 heavy (non-hydrogen) atoms. The lowest BCUT2D eigenvalue weighted by atomic mass is 10.1. The van der Waals surface area contributed by atoms with Gasteiger partial charge in [-0.1, -0.05) is 0 Å². The highest BCUT2D eigenvalue weighted by Gasteiger charge is 2.32. The number of carbonyl (C=O) groups is 1. The highest BCUT2D eigenvalue weighted by atomic mass is 16.5. The Morgan fingerprint density at radius 1 is 1.00 bits per heavy atom. The standard InChI is InChI=1S/C20H31N3O4/c1-4-25-17-11-15(12-18(26-5-2)19(17)27-6-3)20(24)21-13-16-14-22-7-9-23(16)10-8-22/h11-12,16H,4-10,13-14H2,1-3H3,(H,21,24). The Morgan fingerprint density at radius 3 is 2.07 bits per heavy atom. The molecule has 1 N–H and O–H groups in total. The summed E-state index contributed by atoms with van der Waals surface area (Å²) in [6.45, 7) is 13.3. The van der Waals surface area contributed by atoms with Crippen molar-refractivity contribution in [3.8, 4) is 17.2 Å². The molecule has 1 unspecified atom stereocenters. The molecule has 2 bridgehead atoms. The molecule has 3 aliphatic heterocycles. The first-order chi connectivity index (χ1) is 13.2. The van der Waals surface area contributed by atoms with Gasteiger partial charge < -0.3 is 19.5 Å². The fourth-order valence-corrected chi connectivity index (χ4v) is 3.75. The summed E-state index contributed by atoms with van der Waals surface area (Å²) in [6, 6.07) is 3.86. The highest BCUT2D eigenvalue weighted by Crippen LogP contribution is 2.39. The van der Waals surface area contributed by atoms with Crippen LogP contribution in [0.5, 0.6) is 17.2 Å². The maximum atomic E-state index is 12.8. The van der Waals surface area contributed by atoms with Gasteiger partial charge in [0.1, 0.15) is 0 Å². The molecule has 1 atom stereocenters. The molecule has 3 aliphatic rings. The van der Waals surface area contributed by atoms with E-state index in [4.69, 9.17) is 14.2 Å². The highest BCUT2D eigenvalue weighted by molar-refractivity contribution is 5.95. The van der Waals surface area contributed by atoms with Crippen LogP contribution in [0, 0.1) is 0 Å². The van der Waals surface area contributed by atoms with E-state index in [-0.39, 0.29) is 5.91 Å². The van der Waals surface area contributed by atoms with Gasteiger partial charge in [-0.25, -0.2) is 0 Å². The van der Waals surface area contributed by atoms with Gasteiger partial charge in [0.25, 0.3) is 5.91 Å². The second kappa shape index (κ2) is 9.28. The Morgan fingerprint density at radius 2 is 1.59 bits per heavy atom. The minimum atomic E-state index is -0.113. The van der Waals surface area contributed by atoms with Crippen molar-refractivity contribution in [2.24, 2.45) is 0 Å². The number of hydrogen-bond donors (Lipinski definition) is 1. The smallest absolute Gasteiger partial charge is 0.251 e. The molecule has 4 rings (SSSR count). The first-order valence-electron chi connectivity index (χ1n) is 9.97. The van der Waals surface area contributed by atoms with E-state index < -0.39 is 0 Å². The summed E-state index contributed by atoms with van der Waals surface area (Å²) >= 11 is 0. The molecular weight excluding hydrogens is 346 g/mol. The number of benzene rings is 1. The number of carbonyl (C=O) groups excluding carboxylic acids is 1. The molecule has 3 heterocycles. The Balaban J connectivity index is 1.72. The van der Waals surface area contributed by atoms with Crippen molar-refractivity contribution < 1.29 is 19.0 Å². The van der Waals surface area contributed by atoms with Crippen molar-refractivity contribution in [3.05, 3.63) is 17.7 Å². The van der Waals surface area contributed by atoms with Crippen LogP contribution in [0.15, 0.2) is 12.1 Å². The lowest BCUT2D eigenvalue weighted by molar-refractivity contribution is 0.0138. The molecular formula is C20H31N3O4. The zero-order valence-corrected chi connectivity index (χ0v) is 16.6. The predicted molar refractivity (Wildman–Crippen MR) is 104 cm³/mol. The molecule has 1 amide bonds. The Hall–Kier alpha value is -1.99. The molecule has 3 saturated heterocycles. The average molecular weight is 377 g/mol. The number of piperazine rings is 3. The van der Waals surface area contributed by atoms with Crippen LogP contribution in [0.4, 0.5) is 0 Å². The largest absolute Gasteiger partial charge is 0.490 e. The fraction of sp³-hybridized carbons (Fsp3) is 0.650. The molecule has 0 aliphatic carbocycles. The predicted octanol–water partition coefficient (Wildman–Crippen LogP) is 1.61. The van der Waals surface area contributed by atoms with E-state index in [0.29, 0.717) is 55.2 Å². The molecule has 0 radical (unpaired) electrons. The number of amides is 1. The van der Waals surface area contributed by atoms with E-state index in [9.17, 15) is 4.79 Å². The van der Waals surface area contributed by atoms with Crippen LogP contribution >= 0.6 is 0 Å². The third-order valence-corrected chi connectivity index (χ3v) is 5.06. The lowest BCUT2D eigenvalue weighted by Gasteiger charge is -2.47. The van der Waals surface area contributed by atoms with Crippen molar-refractivity contribution in [2.75, 3.05) is 59.1 Å². The first kappa shape index (κ1) is 19.8.